The number of ether oxygens (including phenoxy) is 2. The molecular formula is C34H36Cl2N4O4. The first-order valence-corrected chi connectivity index (χ1v) is 15.2. The Hall–Kier alpha value is -3.69. The first-order valence-electron chi connectivity index (χ1n) is 14.4. The average Bonchev–Trinajstić information content (AvgIpc) is 3.41. The fourth-order valence-electron chi connectivity index (χ4n) is 5.13. The molecule has 0 saturated carbocycles. The van der Waals surface area contributed by atoms with Crippen LogP contribution in [0, 0.1) is 0 Å². The maximum absolute atomic E-state index is 12.7. The number of aromatic nitrogens is 2. The largest absolute Gasteiger partial charge is 0.481 e. The summed E-state index contributed by atoms with van der Waals surface area (Å²) in [6, 6.07) is 17.4. The number of hydrogen-bond donors (Lipinski definition) is 2. The zero-order valence-electron chi connectivity index (χ0n) is 25.4. The van der Waals surface area contributed by atoms with E-state index in [-0.39, 0.29) is 6.09 Å². The third-order valence-electron chi connectivity index (χ3n) is 7.20. The third kappa shape index (κ3) is 7.00. The number of nitrogens with zero attached hydrogens (tertiary/aromatic N) is 3. The topological polar surface area (TPSA) is 96.8 Å². The SMILES string of the molecule is COc1nc(-c2cccc(-c3ccnc(-c4ccc5c(c4)CN(C(=O)OC(C)(C)C)C5)c3Cl)c2Cl)ccc1CNC[C@H](C)O. The molecule has 2 aromatic heterocycles. The van der Waals surface area contributed by atoms with Crippen LogP contribution in [0.5, 0.6) is 5.88 Å². The molecule has 1 amide bonds. The summed E-state index contributed by atoms with van der Waals surface area (Å²) in [5.74, 6) is 0.480. The minimum Gasteiger partial charge on any atom is -0.481 e. The molecule has 4 aromatic rings. The third-order valence-corrected chi connectivity index (χ3v) is 7.99. The van der Waals surface area contributed by atoms with Crippen molar-refractivity contribution in [3.63, 3.8) is 0 Å². The molecule has 10 heteroatoms. The summed E-state index contributed by atoms with van der Waals surface area (Å²) >= 11 is 14.0. The highest BCUT2D eigenvalue weighted by molar-refractivity contribution is 6.39. The molecule has 0 unspecified atom stereocenters. The number of hydrogen-bond acceptors (Lipinski definition) is 7. The molecule has 1 atom stereocenters. The van der Waals surface area contributed by atoms with Gasteiger partial charge in [0.05, 0.1) is 34.6 Å². The summed E-state index contributed by atoms with van der Waals surface area (Å²) in [5.41, 5.74) is 6.76. The molecule has 0 fully saturated rings. The van der Waals surface area contributed by atoms with Gasteiger partial charge in [0, 0.05) is 60.2 Å². The van der Waals surface area contributed by atoms with E-state index < -0.39 is 11.7 Å². The molecule has 0 aliphatic carbocycles. The average molecular weight is 636 g/mol. The van der Waals surface area contributed by atoms with E-state index in [1.165, 1.54) is 0 Å². The lowest BCUT2D eigenvalue weighted by molar-refractivity contribution is 0.0242. The molecule has 1 aliphatic rings. The van der Waals surface area contributed by atoms with Crippen molar-refractivity contribution in [3.05, 3.63) is 87.5 Å². The van der Waals surface area contributed by atoms with Gasteiger partial charge in [0.15, 0.2) is 0 Å². The Labute approximate surface area is 268 Å². The molecule has 0 saturated heterocycles. The minimum absolute atomic E-state index is 0.335. The summed E-state index contributed by atoms with van der Waals surface area (Å²) in [6.45, 7) is 9.22. The van der Waals surface area contributed by atoms with E-state index in [4.69, 9.17) is 37.7 Å². The summed E-state index contributed by atoms with van der Waals surface area (Å²) in [7, 11) is 1.58. The van der Waals surface area contributed by atoms with Crippen LogP contribution in [0.25, 0.3) is 33.6 Å². The van der Waals surface area contributed by atoms with E-state index in [9.17, 15) is 9.90 Å². The fraction of sp³-hybridized carbons (Fsp3) is 0.324. The second-order valence-corrected chi connectivity index (χ2v) is 12.6. The van der Waals surface area contributed by atoms with E-state index in [1.807, 2.05) is 75.4 Å². The lowest BCUT2D eigenvalue weighted by Gasteiger charge is -2.24. The highest BCUT2D eigenvalue weighted by Crippen LogP contribution is 2.42. The van der Waals surface area contributed by atoms with Gasteiger partial charge in [0.25, 0.3) is 0 Å². The Bertz CT molecular complexity index is 1690. The number of aliphatic hydroxyl groups excluding tert-OH is 1. The van der Waals surface area contributed by atoms with Gasteiger partial charge in [-0.3, -0.25) is 9.88 Å². The second-order valence-electron chi connectivity index (χ2n) is 11.9. The Morgan fingerprint density at radius 2 is 1.75 bits per heavy atom. The maximum Gasteiger partial charge on any atom is 0.410 e. The lowest BCUT2D eigenvalue weighted by atomic mass is 9.98. The van der Waals surface area contributed by atoms with Crippen molar-refractivity contribution in [3.8, 4) is 39.5 Å². The molecule has 2 N–H and O–H groups in total. The number of benzene rings is 2. The Balaban J connectivity index is 1.43. The van der Waals surface area contributed by atoms with E-state index in [1.54, 1.807) is 25.1 Å². The molecule has 3 heterocycles. The van der Waals surface area contributed by atoms with Gasteiger partial charge < -0.3 is 19.9 Å². The lowest BCUT2D eigenvalue weighted by Crippen LogP contribution is -2.33. The highest BCUT2D eigenvalue weighted by atomic mass is 35.5. The predicted molar refractivity (Wildman–Crippen MR) is 174 cm³/mol. The van der Waals surface area contributed by atoms with Gasteiger partial charge in [-0.1, -0.05) is 59.6 Å². The number of fused-ring (bicyclic) bond motifs is 1. The van der Waals surface area contributed by atoms with Crippen molar-refractivity contribution >= 4 is 29.3 Å². The number of rotatable bonds is 8. The van der Waals surface area contributed by atoms with E-state index in [0.717, 1.165) is 38.9 Å². The number of pyridine rings is 2. The smallest absolute Gasteiger partial charge is 0.410 e. The number of amides is 1. The number of carbonyl (C=O) groups is 1. The quantitative estimate of drug-likeness (QED) is 0.207. The molecule has 0 spiro atoms. The Morgan fingerprint density at radius 1 is 1.02 bits per heavy atom. The molecule has 2 aromatic carbocycles. The van der Waals surface area contributed by atoms with E-state index in [2.05, 4.69) is 10.3 Å². The molecule has 8 nitrogen and oxygen atoms in total. The van der Waals surface area contributed by atoms with Crippen molar-refractivity contribution in [2.45, 2.75) is 59.0 Å². The number of halogens is 2. The molecule has 230 valence electrons. The molecule has 44 heavy (non-hydrogen) atoms. The Morgan fingerprint density at radius 3 is 2.48 bits per heavy atom. The van der Waals surface area contributed by atoms with Gasteiger partial charge in [-0.05, 0) is 57.0 Å². The van der Waals surface area contributed by atoms with Crippen LogP contribution in [0.1, 0.15) is 44.4 Å². The number of aliphatic hydroxyl groups is 1. The summed E-state index contributed by atoms with van der Waals surface area (Å²) in [6.07, 6.45) is 0.931. The molecule has 5 rings (SSSR count). The van der Waals surface area contributed by atoms with E-state index in [0.29, 0.717) is 53.5 Å². The van der Waals surface area contributed by atoms with Gasteiger partial charge in [0.2, 0.25) is 5.88 Å². The summed E-state index contributed by atoms with van der Waals surface area (Å²) in [5, 5.41) is 13.7. The van der Waals surface area contributed by atoms with Crippen molar-refractivity contribution in [1.82, 2.24) is 20.2 Å². The number of methoxy groups -OCH3 is 1. The summed E-state index contributed by atoms with van der Waals surface area (Å²) in [4.78, 5) is 23.7. The normalized spacial score (nSPS) is 13.5. The number of carbonyl (C=O) groups excluding carboxylic acids is 1. The van der Waals surface area contributed by atoms with Gasteiger partial charge in [0.1, 0.15) is 5.60 Å². The molecular weight excluding hydrogens is 599 g/mol. The molecule has 0 radical (unpaired) electrons. The van der Waals surface area contributed by atoms with Crippen molar-refractivity contribution in [2.24, 2.45) is 0 Å². The molecule has 1 aliphatic heterocycles. The standard InChI is InChI=1S/C34H36Cl2N4O4/c1-20(41)16-37-17-22-11-12-28(39-32(22)43-5)27-8-6-7-25(29(27)35)26-13-14-38-31(30(26)36)21-9-10-23-18-40(19-24(23)15-21)33(42)44-34(2,3)4/h6-15,20,37,41H,16-19H2,1-5H3/t20-/m0/s1. The monoisotopic (exact) mass is 634 g/mol. The van der Waals surface area contributed by atoms with Crippen molar-refractivity contribution < 1.29 is 19.4 Å². The van der Waals surface area contributed by atoms with Crippen LogP contribution >= 0.6 is 23.2 Å². The maximum atomic E-state index is 12.7. The van der Waals surface area contributed by atoms with Gasteiger partial charge in [-0.25, -0.2) is 9.78 Å². The van der Waals surface area contributed by atoms with Crippen LogP contribution in [0.15, 0.2) is 60.8 Å². The zero-order chi connectivity index (χ0) is 31.6. The minimum atomic E-state index is -0.559. The number of nitrogens with one attached hydrogen (secondary N) is 1. The van der Waals surface area contributed by atoms with Crippen molar-refractivity contribution in [2.75, 3.05) is 13.7 Å². The molecule has 0 bridgehead atoms. The van der Waals surface area contributed by atoms with Crippen LogP contribution in [-0.2, 0) is 24.4 Å². The van der Waals surface area contributed by atoms with Crippen LogP contribution in [0.2, 0.25) is 10.0 Å². The van der Waals surface area contributed by atoms with Gasteiger partial charge in [-0.2, -0.15) is 0 Å². The predicted octanol–water partition coefficient (Wildman–Crippen LogP) is 7.51. The first kappa shape index (κ1) is 31.7. The van der Waals surface area contributed by atoms with Gasteiger partial charge in [-0.15, -0.1) is 0 Å². The highest BCUT2D eigenvalue weighted by Gasteiger charge is 2.28. The zero-order valence-corrected chi connectivity index (χ0v) is 27.0. The van der Waals surface area contributed by atoms with E-state index >= 15 is 0 Å². The van der Waals surface area contributed by atoms with Crippen LogP contribution in [0.3, 0.4) is 0 Å². The van der Waals surface area contributed by atoms with Crippen LogP contribution in [0.4, 0.5) is 4.79 Å². The second kappa shape index (κ2) is 13.1. The Kier molecular flexibility index (Phi) is 9.46. The fourth-order valence-corrected chi connectivity index (χ4v) is 5.78. The first-order chi connectivity index (χ1) is 20.9. The van der Waals surface area contributed by atoms with Crippen molar-refractivity contribution in [1.29, 1.82) is 0 Å². The van der Waals surface area contributed by atoms with Crippen LogP contribution in [-0.4, -0.2) is 51.4 Å². The van der Waals surface area contributed by atoms with Gasteiger partial charge >= 0.3 is 6.09 Å². The summed E-state index contributed by atoms with van der Waals surface area (Å²) < 4.78 is 11.1. The van der Waals surface area contributed by atoms with Crippen LogP contribution < -0.4 is 10.1 Å².